The Balaban J connectivity index is 1.52. The monoisotopic (exact) mass is 384 g/mol. The minimum atomic E-state index is -0.215. The Labute approximate surface area is 166 Å². The Morgan fingerprint density at radius 3 is 2.68 bits per heavy atom. The van der Waals surface area contributed by atoms with E-state index in [0.717, 1.165) is 37.3 Å². The topological polar surface area (TPSA) is 41.4 Å². The maximum atomic E-state index is 13.4. The number of amides is 1. The van der Waals surface area contributed by atoms with E-state index in [0.29, 0.717) is 13.0 Å². The zero-order valence-corrected chi connectivity index (χ0v) is 16.9. The fourth-order valence-corrected chi connectivity index (χ4v) is 5.10. The van der Waals surface area contributed by atoms with E-state index >= 15 is 0 Å². The molecule has 150 valence electrons. The highest BCUT2D eigenvalue weighted by Crippen LogP contribution is 2.43. The molecule has 28 heavy (non-hydrogen) atoms. The van der Waals surface area contributed by atoms with Crippen LogP contribution in [-0.4, -0.2) is 44.5 Å². The molecule has 2 aliphatic heterocycles. The molecule has 2 atom stereocenters. The second kappa shape index (κ2) is 7.22. The van der Waals surface area contributed by atoms with Crippen LogP contribution in [0.5, 0.6) is 0 Å². The van der Waals surface area contributed by atoms with Crippen molar-refractivity contribution < 1.29 is 9.18 Å². The van der Waals surface area contributed by atoms with Gasteiger partial charge in [0.05, 0.1) is 12.1 Å². The highest BCUT2D eigenvalue weighted by molar-refractivity contribution is 5.77. The van der Waals surface area contributed by atoms with Gasteiger partial charge in [-0.3, -0.25) is 4.79 Å². The largest absolute Gasteiger partial charge is 0.361 e. The van der Waals surface area contributed by atoms with E-state index in [1.165, 1.54) is 12.1 Å². The molecule has 2 saturated heterocycles. The van der Waals surface area contributed by atoms with E-state index in [1.807, 2.05) is 29.8 Å². The summed E-state index contributed by atoms with van der Waals surface area (Å²) in [5.41, 5.74) is 0.971. The molecule has 4 rings (SSSR count). The van der Waals surface area contributed by atoms with Gasteiger partial charge >= 0.3 is 0 Å². The number of carbonyl (C=O) groups is 1. The lowest BCUT2D eigenvalue weighted by Gasteiger charge is -2.42. The summed E-state index contributed by atoms with van der Waals surface area (Å²) in [5.74, 6) is 0.945. The van der Waals surface area contributed by atoms with E-state index < -0.39 is 0 Å². The lowest BCUT2D eigenvalue weighted by atomic mass is 9.94. The summed E-state index contributed by atoms with van der Waals surface area (Å²) in [5, 5.41) is 0. The fraction of sp³-hybridized carbons (Fsp3) is 0.545. The summed E-state index contributed by atoms with van der Waals surface area (Å²) in [6, 6.07) is 7.28. The predicted octanol–water partition coefficient (Wildman–Crippen LogP) is 3.77. The molecule has 5 nitrogen and oxygen atoms in total. The molecule has 3 heterocycles. The van der Waals surface area contributed by atoms with E-state index in [9.17, 15) is 9.18 Å². The first kappa shape index (κ1) is 19.0. The van der Waals surface area contributed by atoms with Crippen molar-refractivity contribution in [2.24, 2.45) is 0 Å². The van der Waals surface area contributed by atoms with Gasteiger partial charge in [-0.2, -0.15) is 0 Å². The molecule has 1 amide bonds. The Morgan fingerprint density at radius 2 is 2.00 bits per heavy atom. The molecular weight excluding hydrogens is 355 g/mol. The molecule has 2 fully saturated rings. The number of imidazole rings is 1. The number of anilines is 1. The summed E-state index contributed by atoms with van der Waals surface area (Å²) in [6.45, 7) is 7.92. The number of hydrogen-bond donors (Lipinski definition) is 0. The van der Waals surface area contributed by atoms with Gasteiger partial charge in [0.25, 0.3) is 0 Å². The van der Waals surface area contributed by atoms with Crippen molar-refractivity contribution in [3.63, 3.8) is 0 Å². The van der Waals surface area contributed by atoms with Crippen molar-refractivity contribution in [2.45, 2.75) is 70.6 Å². The Bertz CT molecular complexity index is 844. The first-order valence-electron chi connectivity index (χ1n) is 10.2. The molecule has 2 aliphatic rings. The number of aryl methyl sites for hydroxylation is 2. The zero-order valence-electron chi connectivity index (χ0n) is 16.9. The molecule has 0 unspecified atom stereocenters. The van der Waals surface area contributed by atoms with Crippen LogP contribution < -0.4 is 4.90 Å². The van der Waals surface area contributed by atoms with Gasteiger partial charge in [0, 0.05) is 43.1 Å². The van der Waals surface area contributed by atoms with Crippen LogP contribution in [-0.2, 0) is 11.3 Å². The van der Waals surface area contributed by atoms with Crippen LogP contribution in [0.15, 0.2) is 36.7 Å². The van der Waals surface area contributed by atoms with Gasteiger partial charge < -0.3 is 14.4 Å². The maximum Gasteiger partial charge on any atom is 0.224 e. The van der Waals surface area contributed by atoms with Gasteiger partial charge in [0.15, 0.2) is 0 Å². The predicted molar refractivity (Wildman–Crippen MR) is 108 cm³/mol. The molecule has 0 spiro atoms. The molecule has 1 aromatic heterocycles. The first-order chi connectivity index (χ1) is 13.4. The van der Waals surface area contributed by atoms with Gasteiger partial charge in [-0.05, 0) is 64.3 Å². The number of benzene rings is 1. The molecule has 0 N–H and O–H groups in total. The van der Waals surface area contributed by atoms with E-state index in [4.69, 9.17) is 0 Å². The van der Waals surface area contributed by atoms with Crippen LogP contribution in [0.3, 0.4) is 0 Å². The molecule has 2 aromatic rings. The number of aromatic nitrogens is 2. The Kier molecular flexibility index (Phi) is 4.89. The Hall–Kier alpha value is -2.37. The van der Waals surface area contributed by atoms with Gasteiger partial charge in [0.1, 0.15) is 11.6 Å². The summed E-state index contributed by atoms with van der Waals surface area (Å²) < 4.78 is 15.4. The molecule has 0 saturated carbocycles. The number of rotatable bonds is 4. The first-order valence-corrected chi connectivity index (χ1v) is 10.2. The minimum Gasteiger partial charge on any atom is -0.361 e. The van der Waals surface area contributed by atoms with E-state index in [1.54, 1.807) is 6.20 Å². The highest BCUT2D eigenvalue weighted by atomic mass is 19.1. The van der Waals surface area contributed by atoms with Crippen LogP contribution in [0.4, 0.5) is 10.1 Å². The normalized spacial score (nSPS) is 23.7. The third kappa shape index (κ3) is 3.40. The number of fused-ring (bicyclic) bond motifs is 1. The average Bonchev–Trinajstić information content (AvgIpc) is 3.19. The van der Waals surface area contributed by atoms with Crippen LogP contribution in [0, 0.1) is 12.7 Å². The summed E-state index contributed by atoms with van der Waals surface area (Å²) in [7, 11) is 0. The molecule has 1 aromatic carbocycles. The quantitative estimate of drug-likeness (QED) is 0.806. The lowest BCUT2D eigenvalue weighted by Crippen LogP contribution is -2.53. The molecule has 0 bridgehead atoms. The standard InChI is InChI=1S/C22H29FN4O/c1-16-24-11-14-25(16)13-10-21(28)26-12-4-5-19-20(26)15-22(2,3)27(19)18-8-6-17(23)7-9-18/h6-9,11,14,19-20H,4-5,10,12-13,15H2,1-3H3/t19-,20-/m0/s1. The molecule has 0 aliphatic carbocycles. The number of piperidine rings is 1. The Morgan fingerprint density at radius 1 is 1.25 bits per heavy atom. The minimum absolute atomic E-state index is 0.0725. The van der Waals surface area contributed by atoms with Gasteiger partial charge in [0.2, 0.25) is 5.91 Å². The third-order valence-electron chi connectivity index (χ3n) is 6.35. The van der Waals surface area contributed by atoms with Crippen LogP contribution in [0.1, 0.15) is 45.4 Å². The van der Waals surface area contributed by atoms with Gasteiger partial charge in [-0.1, -0.05) is 0 Å². The second-order valence-corrected chi connectivity index (χ2v) is 8.64. The van der Waals surface area contributed by atoms with Crippen molar-refractivity contribution in [2.75, 3.05) is 11.4 Å². The van der Waals surface area contributed by atoms with Crippen molar-refractivity contribution in [3.05, 3.63) is 48.3 Å². The fourth-order valence-electron chi connectivity index (χ4n) is 5.10. The van der Waals surface area contributed by atoms with Crippen molar-refractivity contribution in [1.29, 1.82) is 0 Å². The van der Waals surface area contributed by atoms with Gasteiger partial charge in [-0.25, -0.2) is 9.37 Å². The van der Waals surface area contributed by atoms with Crippen molar-refractivity contribution in [3.8, 4) is 0 Å². The lowest BCUT2D eigenvalue weighted by molar-refractivity contribution is -0.135. The average molecular weight is 384 g/mol. The highest BCUT2D eigenvalue weighted by Gasteiger charge is 2.50. The number of carbonyl (C=O) groups excluding carboxylic acids is 1. The maximum absolute atomic E-state index is 13.4. The number of nitrogens with zero attached hydrogens (tertiary/aromatic N) is 4. The molecule has 6 heteroatoms. The van der Waals surface area contributed by atoms with Gasteiger partial charge in [-0.15, -0.1) is 0 Å². The third-order valence-corrected chi connectivity index (χ3v) is 6.35. The van der Waals surface area contributed by atoms with Crippen LogP contribution >= 0.6 is 0 Å². The smallest absolute Gasteiger partial charge is 0.224 e. The van der Waals surface area contributed by atoms with Crippen molar-refractivity contribution >= 4 is 11.6 Å². The summed E-state index contributed by atoms with van der Waals surface area (Å²) in [4.78, 5) is 21.8. The van der Waals surface area contributed by atoms with E-state index in [-0.39, 0.29) is 29.3 Å². The van der Waals surface area contributed by atoms with Crippen LogP contribution in [0.25, 0.3) is 0 Å². The van der Waals surface area contributed by atoms with E-state index in [2.05, 4.69) is 28.6 Å². The van der Waals surface area contributed by atoms with Crippen molar-refractivity contribution in [1.82, 2.24) is 14.5 Å². The number of hydrogen-bond acceptors (Lipinski definition) is 3. The second-order valence-electron chi connectivity index (χ2n) is 8.64. The SMILES string of the molecule is Cc1nccn1CCC(=O)N1CCC[C@H]2[C@@H]1CC(C)(C)N2c1ccc(F)cc1. The number of likely N-dealkylation sites (tertiary alicyclic amines) is 1. The summed E-state index contributed by atoms with van der Waals surface area (Å²) in [6.07, 6.45) is 7.20. The molecular formula is C22H29FN4O. The number of halogens is 1. The molecule has 0 radical (unpaired) electrons. The zero-order chi connectivity index (χ0) is 19.9. The van der Waals surface area contributed by atoms with Crippen LogP contribution in [0.2, 0.25) is 0 Å². The summed E-state index contributed by atoms with van der Waals surface area (Å²) >= 11 is 0.